The van der Waals surface area contributed by atoms with Gasteiger partial charge in [0.15, 0.2) is 0 Å². The Morgan fingerprint density at radius 2 is 2.06 bits per heavy atom. The number of aromatic nitrogens is 1. The van der Waals surface area contributed by atoms with E-state index in [9.17, 15) is 10.2 Å². The van der Waals surface area contributed by atoms with Gasteiger partial charge in [0.1, 0.15) is 5.82 Å². The van der Waals surface area contributed by atoms with Crippen molar-refractivity contribution < 1.29 is 10.2 Å². The topological polar surface area (TPSA) is 68.6 Å². The van der Waals surface area contributed by atoms with Crippen LogP contribution in [0.4, 0.5) is 5.82 Å². The fraction of sp³-hybridized carbons (Fsp3) is 0.583. The standard InChI is InChI=1S/C12H19N3O2/c1-2-13-12-5-3-4-9(14-12)6-15-7-10(16)11(17)8-15/h3-5,10-11,16-17H,2,6-8H2,1H3,(H,13,14). The third-order valence-corrected chi connectivity index (χ3v) is 2.88. The third-order valence-electron chi connectivity index (χ3n) is 2.88. The smallest absolute Gasteiger partial charge is 0.126 e. The van der Waals surface area contributed by atoms with E-state index in [1.165, 1.54) is 0 Å². The van der Waals surface area contributed by atoms with Crippen LogP contribution in [0.25, 0.3) is 0 Å². The van der Waals surface area contributed by atoms with Gasteiger partial charge in [-0.3, -0.25) is 4.90 Å². The summed E-state index contributed by atoms with van der Waals surface area (Å²) in [6.07, 6.45) is -1.26. The molecule has 94 valence electrons. The highest BCUT2D eigenvalue weighted by molar-refractivity contribution is 5.34. The summed E-state index contributed by atoms with van der Waals surface area (Å²) < 4.78 is 0. The van der Waals surface area contributed by atoms with Gasteiger partial charge in [0.2, 0.25) is 0 Å². The van der Waals surface area contributed by atoms with Crippen molar-refractivity contribution in [2.75, 3.05) is 25.0 Å². The summed E-state index contributed by atoms with van der Waals surface area (Å²) >= 11 is 0. The normalized spacial score (nSPS) is 25.1. The predicted octanol–water partition coefficient (Wildman–Crippen LogP) is 0.0508. The Kier molecular flexibility index (Phi) is 3.93. The molecule has 2 heterocycles. The Labute approximate surface area is 101 Å². The molecule has 0 bridgehead atoms. The molecule has 0 aromatic carbocycles. The number of likely N-dealkylation sites (tertiary alicyclic amines) is 1. The Bertz CT molecular complexity index is 363. The molecule has 2 atom stereocenters. The molecule has 0 spiro atoms. The minimum atomic E-state index is -0.632. The molecule has 1 fully saturated rings. The molecule has 2 rings (SSSR count). The Morgan fingerprint density at radius 1 is 1.35 bits per heavy atom. The van der Waals surface area contributed by atoms with Gasteiger partial charge in [0.05, 0.1) is 17.9 Å². The van der Waals surface area contributed by atoms with Gasteiger partial charge in [-0.15, -0.1) is 0 Å². The Hall–Kier alpha value is -1.17. The van der Waals surface area contributed by atoms with E-state index in [-0.39, 0.29) is 0 Å². The molecule has 0 amide bonds. The zero-order valence-electron chi connectivity index (χ0n) is 10.0. The van der Waals surface area contributed by atoms with Crippen molar-refractivity contribution in [2.45, 2.75) is 25.7 Å². The van der Waals surface area contributed by atoms with Crippen molar-refractivity contribution in [3.8, 4) is 0 Å². The molecule has 1 saturated heterocycles. The first kappa shape index (κ1) is 12.3. The molecule has 17 heavy (non-hydrogen) atoms. The molecule has 1 aromatic rings. The molecular weight excluding hydrogens is 218 g/mol. The molecule has 1 aromatic heterocycles. The summed E-state index contributed by atoms with van der Waals surface area (Å²) in [6.45, 7) is 4.55. The minimum absolute atomic E-state index is 0.508. The van der Waals surface area contributed by atoms with Gasteiger partial charge in [0, 0.05) is 26.2 Å². The monoisotopic (exact) mass is 237 g/mol. The first-order chi connectivity index (χ1) is 8.19. The summed E-state index contributed by atoms with van der Waals surface area (Å²) in [6, 6.07) is 5.85. The minimum Gasteiger partial charge on any atom is -0.389 e. The van der Waals surface area contributed by atoms with Crippen LogP contribution in [0, 0.1) is 0 Å². The predicted molar refractivity (Wildman–Crippen MR) is 65.7 cm³/mol. The lowest BCUT2D eigenvalue weighted by Crippen LogP contribution is -2.22. The lowest BCUT2D eigenvalue weighted by molar-refractivity contribution is 0.0572. The molecule has 5 heteroatoms. The number of aliphatic hydroxyl groups is 2. The van der Waals surface area contributed by atoms with E-state index in [2.05, 4.69) is 10.3 Å². The highest BCUT2D eigenvalue weighted by atomic mass is 16.3. The fourth-order valence-corrected chi connectivity index (χ4v) is 2.05. The Balaban J connectivity index is 1.97. The van der Waals surface area contributed by atoms with Crippen molar-refractivity contribution in [3.63, 3.8) is 0 Å². The molecule has 2 unspecified atom stereocenters. The zero-order chi connectivity index (χ0) is 12.3. The second-order valence-electron chi connectivity index (χ2n) is 4.37. The van der Waals surface area contributed by atoms with Crippen molar-refractivity contribution in [2.24, 2.45) is 0 Å². The van der Waals surface area contributed by atoms with Gasteiger partial charge in [0.25, 0.3) is 0 Å². The van der Waals surface area contributed by atoms with Gasteiger partial charge < -0.3 is 15.5 Å². The maximum Gasteiger partial charge on any atom is 0.126 e. The summed E-state index contributed by atoms with van der Waals surface area (Å²) in [5, 5.41) is 22.1. The molecule has 1 aliphatic rings. The van der Waals surface area contributed by atoms with E-state index in [1.54, 1.807) is 0 Å². The lowest BCUT2D eigenvalue weighted by Gasteiger charge is -2.14. The summed E-state index contributed by atoms with van der Waals surface area (Å²) in [5.74, 6) is 0.866. The van der Waals surface area contributed by atoms with Crippen LogP contribution in [0.15, 0.2) is 18.2 Å². The van der Waals surface area contributed by atoms with E-state index in [1.807, 2.05) is 30.0 Å². The summed E-state index contributed by atoms with van der Waals surface area (Å²) in [5.41, 5.74) is 0.949. The number of anilines is 1. The van der Waals surface area contributed by atoms with Crippen LogP contribution in [-0.2, 0) is 6.54 Å². The maximum atomic E-state index is 9.46. The largest absolute Gasteiger partial charge is 0.389 e. The number of hydrogen-bond donors (Lipinski definition) is 3. The number of hydrogen-bond acceptors (Lipinski definition) is 5. The fourth-order valence-electron chi connectivity index (χ4n) is 2.05. The molecular formula is C12H19N3O2. The van der Waals surface area contributed by atoms with Crippen LogP contribution >= 0.6 is 0 Å². The van der Waals surface area contributed by atoms with Gasteiger partial charge in [-0.05, 0) is 19.1 Å². The molecule has 5 nitrogen and oxygen atoms in total. The van der Waals surface area contributed by atoms with E-state index >= 15 is 0 Å². The van der Waals surface area contributed by atoms with Gasteiger partial charge >= 0.3 is 0 Å². The van der Waals surface area contributed by atoms with E-state index in [0.29, 0.717) is 19.6 Å². The highest BCUT2D eigenvalue weighted by Crippen LogP contribution is 2.14. The molecule has 0 radical (unpaired) electrons. The number of pyridine rings is 1. The molecule has 1 aliphatic heterocycles. The average Bonchev–Trinajstić information content (AvgIpc) is 2.59. The second kappa shape index (κ2) is 5.44. The number of rotatable bonds is 4. The van der Waals surface area contributed by atoms with Crippen LogP contribution in [0.1, 0.15) is 12.6 Å². The highest BCUT2D eigenvalue weighted by Gasteiger charge is 2.29. The summed E-state index contributed by atoms with van der Waals surface area (Å²) in [7, 11) is 0. The Morgan fingerprint density at radius 3 is 2.71 bits per heavy atom. The van der Waals surface area contributed by atoms with E-state index in [4.69, 9.17) is 0 Å². The van der Waals surface area contributed by atoms with Gasteiger partial charge in [-0.1, -0.05) is 6.07 Å². The van der Waals surface area contributed by atoms with E-state index < -0.39 is 12.2 Å². The first-order valence-corrected chi connectivity index (χ1v) is 5.97. The quantitative estimate of drug-likeness (QED) is 0.690. The SMILES string of the molecule is CCNc1cccc(CN2CC(O)C(O)C2)n1. The third kappa shape index (κ3) is 3.15. The first-order valence-electron chi connectivity index (χ1n) is 5.97. The van der Waals surface area contributed by atoms with Crippen LogP contribution in [0.5, 0.6) is 0 Å². The van der Waals surface area contributed by atoms with Crippen LogP contribution in [0.2, 0.25) is 0 Å². The summed E-state index contributed by atoms with van der Waals surface area (Å²) in [4.78, 5) is 6.47. The second-order valence-corrected chi connectivity index (χ2v) is 4.37. The van der Waals surface area contributed by atoms with Crippen molar-refractivity contribution >= 4 is 5.82 Å². The van der Waals surface area contributed by atoms with E-state index in [0.717, 1.165) is 18.1 Å². The van der Waals surface area contributed by atoms with Crippen molar-refractivity contribution in [3.05, 3.63) is 23.9 Å². The van der Waals surface area contributed by atoms with Crippen LogP contribution in [-0.4, -0.2) is 51.9 Å². The molecule has 0 aliphatic carbocycles. The number of nitrogens with zero attached hydrogens (tertiary/aromatic N) is 2. The van der Waals surface area contributed by atoms with Crippen LogP contribution in [0.3, 0.4) is 0 Å². The zero-order valence-corrected chi connectivity index (χ0v) is 10.0. The molecule has 0 saturated carbocycles. The van der Waals surface area contributed by atoms with Crippen molar-refractivity contribution in [1.29, 1.82) is 0 Å². The molecule has 3 N–H and O–H groups in total. The van der Waals surface area contributed by atoms with Crippen LogP contribution < -0.4 is 5.32 Å². The number of β-amino-alcohol motifs (C(OH)–C–C–N with tert-alkyl or cyclic N) is 2. The number of nitrogens with one attached hydrogen (secondary N) is 1. The van der Waals surface area contributed by atoms with Crippen molar-refractivity contribution in [1.82, 2.24) is 9.88 Å². The number of aliphatic hydroxyl groups excluding tert-OH is 2. The maximum absolute atomic E-state index is 9.46. The van der Waals surface area contributed by atoms with Gasteiger partial charge in [-0.2, -0.15) is 0 Å². The average molecular weight is 237 g/mol. The van der Waals surface area contributed by atoms with Gasteiger partial charge in [-0.25, -0.2) is 4.98 Å². The lowest BCUT2D eigenvalue weighted by atomic mass is 10.3.